The van der Waals surface area contributed by atoms with Crippen molar-refractivity contribution in [2.75, 3.05) is 0 Å². The minimum Gasteiger partial charge on any atom is -0.481 e. The number of hydrogen-bond donors (Lipinski definition) is 0. The lowest BCUT2D eigenvalue weighted by molar-refractivity contribution is 0.255. The molecule has 0 atom stereocenters. The summed E-state index contributed by atoms with van der Waals surface area (Å²) in [5, 5.41) is 0. The maximum Gasteiger partial charge on any atom is 0.233 e. The highest BCUT2D eigenvalue weighted by atomic mass is 19.1. The van der Waals surface area contributed by atoms with Crippen molar-refractivity contribution in [1.29, 1.82) is 0 Å². The number of rotatable bonds is 3. The fourth-order valence-electron chi connectivity index (χ4n) is 1.68. The van der Waals surface area contributed by atoms with Gasteiger partial charge < -0.3 is 9.15 Å². The van der Waals surface area contributed by atoms with Gasteiger partial charge >= 0.3 is 0 Å². The molecule has 0 saturated carbocycles. The Morgan fingerprint density at radius 3 is 2.67 bits per heavy atom. The van der Waals surface area contributed by atoms with Gasteiger partial charge in [-0.1, -0.05) is 24.3 Å². The molecule has 3 nitrogen and oxygen atoms in total. The van der Waals surface area contributed by atoms with Gasteiger partial charge in [0, 0.05) is 0 Å². The summed E-state index contributed by atoms with van der Waals surface area (Å²) in [5.41, 5.74) is 1.47. The number of halogens is 1. The van der Waals surface area contributed by atoms with Gasteiger partial charge in [0.2, 0.25) is 5.89 Å². The Hall–Kier alpha value is -2.36. The molecule has 1 aromatic heterocycles. The van der Waals surface area contributed by atoms with Crippen LogP contribution in [0.25, 0.3) is 11.1 Å². The largest absolute Gasteiger partial charge is 0.481 e. The van der Waals surface area contributed by atoms with E-state index >= 15 is 0 Å². The predicted molar refractivity (Wildman–Crippen MR) is 64.7 cm³/mol. The second-order valence-electron chi connectivity index (χ2n) is 3.79. The van der Waals surface area contributed by atoms with E-state index in [9.17, 15) is 4.39 Å². The van der Waals surface area contributed by atoms with Gasteiger partial charge in [0.1, 0.15) is 5.52 Å². The zero-order chi connectivity index (χ0) is 12.4. The van der Waals surface area contributed by atoms with Gasteiger partial charge in [-0.15, -0.1) is 0 Å². The number of oxazole rings is 1. The Kier molecular flexibility index (Phi) is 2.68. The van der Waals surface area contributed by atoms with Gasteiger partial charge in [0.15, 0.2) is 23.8 Å². The van der Waals surface area contributed by atoms with Crippen molar-refractivity contribution in [3.05, 3.63) is 60.2 Å². The van der Waals surface area contributed by atoms with E-state index in [0.717, 1.165) is 5.52 Å². The highest BCUT2D eigenvalue weighted by Gasteiger charge is 2.07. The number of fused-ring (bicyclic) bond motifs is 1. The van der Waals surface area contributed by atoms with Crippen LogP contribution < -0.4 is 4.74 Å². The maximum absolute atomic E-state index is 13.3. The van der Waals surface area contributed by atoms with E-state index in [0.29, 0.717) is 11.5 Å². The van der Waals surface area contributed by atoms with Crippen LogP contribution >= 0.6 is 0 Å². The summed E-state index contributed by atoms with van der Waals surface area (Å²) in [6.45, 7) is 0.107. The van der Waals surface area contributed by atoms with Crippen LogP contribution in [-0.4, -0.2) is 4.98 Å². The molecule has 0 unspecified atom stereocenters. The van der Waals surface area contributed by atoms with Crippen LogP contribution in [0.15, 0.2) is 52.9 Å². The molecule has 0 aliphatic heterocycles. The van der Waals surface area contributed by atoms with Crippen LogP contribution in [0.5, 0.6) is 5.75 Å². The third kappa shape index (κ3) is 2.05. The van der Waals surface area contributed by atoms with E-state index in [1.165, 1.54) is 6.07 Å². The molecule has 4 heteroatoms. The van der Waals surface area contributed by atoms with Gasteiger partial charge in [-0.2, -0.15) is 0 Å². The van der Waals surface area contributed by atoms with Gasteiger partial charge in [-0.05, 0) is 24.3 Å². The monoisotopic (exact) mass is 243 g/mol. The third-order valence-corrected chi connectivity index (χ3v) is 2.53. The first-order valence-corrected chi connectivity index (χ1v) is 5.55. The molecule has 0 bridgehead atoms. The quantitative estimate of drug-likeness (QED) is 0.705. The van der Waals surface area contributed by atoms with Crippen molar-refractivity contribution < 1.29 is 13.5 Å². The Bertz CT molecular complexity index is 645. The SMILES string of the molecule is Fc1ccccc1OCc1nc2ccccc2o1. The lowest BCUT2D eigenvalue weighted by atomic mass is 10.3. The van der Waals surface area contributed by atoms with Crippen molar-refractivity contribution in [3.63, 3.8) is 0 Å². The maximum atomic E-state index is 13.3. The van der Waals surface area contributed by atoms with Crippen molar-refractivity contribution >= 4 is 11.1 Å². The second kappa shape index (κ2) is 4.49. The topological polar surface area (TPSA) is 35.3 Å². The van der Waals surface area contributed by atoms with Crippen molar-refractivity contribution in [3.8, 4) is 5.75 Å². The van der Waals surface area contributed by atoms with E-state index in [1.54, 1.807) is 18.2 Å². The molecule has 3 aromatic rings. The van der Waals surface area contributed by atoms with Crippen molar-refractivity contribution in [1.82, 2.24) is 4.98 Å². The average molecular weight is 243 g/mol. The van der Waals surface area contributed by atoms with Crippen LogP contribution in [0, 0.1) is 5.82 Å². The molecule has 0 amide bonds. The number of benzene rings is 2. The van der Waals surface area contributed by atoms with Gasteiger partial charge in [0.05, 0.1) is 0 Å². The minimum atomic E-state index is -0.395. The van der Waals surface area contributed by atoms with Crippen LogP contribution in [0.4, 0.5) is 4.39 Å². The minimum absolute atomic E-state index is 0.107. The molecule has 0 aliphatic rings. The fraction of sp³-hybridized carbons (Fsp3) is 0.0714. The first-order valence-electron chi connectivity index (χ1n) is 5.55. The summed E-state index contributed by atoms with van der Waals surface area (Å²) in [6, 6.07) is 13.7. The van der Waals surface area contributed by atoms with Gasteiger partial charge in [-0.3, -0.25) is 0 Å². The Labute approximate surface area is 103 Å². The van der Waals surface area contributed by atoms with E-state index in [2.05, 4.69) is 4.98 Å². The Morgan fingerprint density at radius 1 is 1.06 bits per heavy atom. The predicted octanol–water partition coefficient (Wildman–Crippen LogP) is 3.55. The zero-order valence-corrected chi connectivity index (χ0v) is 9.47. The highest BCUT2D eigenvalue weighted by Crippen LogP contribution is 2.19. The fourth-order valence-corrected chi connectivity index (χ4v) is 1.68. The lowest BCUT2D eigenvalue weighted by Crippen LogP contribution is -1.97. The summed E-state index contributed by atoms with van der Waals surface area (Å²) < 4.78 is 24.1. The molecule has 0 saturated heterocycles. The molecular formula is C14H10FNO2. The zero-order valence-electron chi connectivity index (χ0n) is 9.47. The summed E-state index contributed by atoms with van der Waals surface area (Å²) in [6.07, 6.45) is 0. The van der Waals surface area contributed by atoms with E-state index in [-0.39, 0.29) is 12.4 Å². The first kappa shape index (κ1) is 10.8. The van der Waals surface area contributed by atoms with Crippen LogP contribution in [-0.2, 0) is 6.61 Å². The summed E-state index contributed by atoms with van der Waals surface area (Å²) in [5.74, 6) is 0.229. The van der Waals surface area contributed by atoms with Crippen molar-refractivity contribution in [2.24, 2.45) is 0 Å². The molecule has 90 valence electrons. The summed E-state index contributed by atoms with van der Waals surface area (Å²) in [4.78, 5) is 4.24. The molecule has 18 heavy (non-hydrogen) atoms. The van der Waals surface area contributed by atoms with E-state index in [1.807, 2.05) is 24.3 Å². The molecule has 0 N–H and O–H groups in total. The molecule has 0 fully saturated rings. The van der Waals surface area contributed by atoms with Gasteiger partial charge in [0.25, 0.3) is 0 Å². The number of nitrogens with zero attached hydrogens (tertiary/aromatic N) is 1. The standard InChI is InChI=1S/C14H10FNO2/c15-10-5-1-3-7-12(10)17-9-14-16-11-6-2-4-8-13(11)18-14/h1-8H,9H2. The molecule has 3 rings (SSSR count). The third-order valence-electron chi connectivity index (χ3n) is 2.53. The second-order valence-corrected chi connectivity index (χ2v) is 3.79. The molecule has 0 radical (unpaired) electrons. The van der Waals surface area contributed by atoms with Gasteiger partial charge in [-0.25, -0.2) is 9.37 Å². The number of aromatic nitrogens is 1. The number of ether oxygens (including phenoxy) is 1. The molecule has 0 spiro atoms. The highest BCUT2D eigenvalue weighted by molar-refractivity contribution is 5.72. The normalized spacial score (nSPS) is 10.7. The Balaban J connectivity index is 1.79. The number of para-hydroxylation sites is 3. The van der Waals surface area contributed by atoms with E-state index < -0.39 is 5.82 Å². The van der Waals surface area contributed by atoms with Crippen LogP contribution in [0.3, 0.4) is 0 Å². The molecule has 2 aromatic carbocycles. The van der Waals surface area contributed by atoms with Crippen molar-refractivity contribution in [2.45, 2.75) is 6.61 Å². The number of hydrogen-bond acceptors (Lipinski definition) is 3. The lowest BCUT2D eigenvalue weighted by Gasteiger charge is -2.03. The molecular weight excluding hydrogens is 233 g/mol. The molecule has 1 heterocycles. The summed E-state index contributed by atoms with van der Waals surface area (Å²) >= 11 is 0. The van der Waals surface area contributed by atoms with Crippen LogP contribution in [0.1, 0.15) is 5.89 Å². The summed E-state index contributed by atoms with van der Waals surface area (Å²) in [7, 11) is 0. The van der Waals surface area contributed by atoms with E-state index in [4.69, 9.17) is 9.15 Å². The smallest absolute Gasteiger partial charge is 0.233 e. The van der Waals surface area contributed by atoms with Crippen LogP contribution in [0.2, 0.25) is 0 Å². The average Bonchev–Trinajstić information content (AvgIpc) is 2.80. The Morgan fingerprint density at radius 2 is 1.83 bits per heavy atom. The molecule has 0 aliphatic carbocycles. The first-order chi connectivity index (χ1) is 8.83.